The third-order valence-electron chi connectivity index (χ3n) is 0.390. The average Bonchev–Trinajstić information content (AvgIpc) is 1.63. The Morgan fingerprint density at radius 2 is 1.70 bits per heavy atom. The molecule has 0 saturated heterocycles. The molecule has 6 nitrogen and oxygen atoms in total. The van der Waals surface area contributed by atoms with E-state index in [-0.39, 0.29) is 0 Å². The summed E-state index contributed by atoms with van der Waals surface area (Å²) < 4.78 is 8.70. The minimum absolute atomic E-state index is 0.731. The van der Waals surface area contributed by atoms with Crippen molar-refractivity contribution in [3.63, 3.8) is 0 Å². The Bertz CT molecular complexity index is 120. The van der Waals surface area contributed by atoms with Gasteiger partial charge in [-0.15, -0.1) is 9.79 Å². The molecule has 0 amide bonds. The summed E-state index contributed by atoms with van der Waals surface area (Å²) in [6.07, 6.45) is 0. The number of hydrogen-bond donors (Lipinski definition) is 4. The van der Waals surface area contributed by atoms with Crippen LogP contribution in [0.15, 0.2) is 0 Å². The SMILES string of the molecule is CC(N)C(=O)O.O=[P+](O)O. The number of carbonyl (C=O) groups is 1. The molecule has 0 fully saturated rings. The van der Waals surface area contributed by atoms with Gasteiger partial charge in [0.25, 0.3) is 0 Å². The van der Waals surface area contributed by atoms with Gasteiger partial charge in [-0.05, 0) is 6.92 Å². The maximum Gasteiger partial charge on any atom is 0.692 e. The fourth-order valence-electron chi connectivity index (χ4n) is 0. The summed E-state index contributed by atoms with van der Waals surface area (Å²) in [6.45, 7) is 1.42. The van der Waals surface area contributed by atoms with Crippen LogP contribution in [0.2, 0.25) is 0 Å². The highest BCUT2D eigenvalue weighted by atomic mass is 31.1. The van der Waals surface area contributed by atoms with Crippen LogP contribution < -0.4 is 5.73 Å². The standard InChI is InChI=1S/C3H7NO2.HO3P/c1-2(4)3(5)6;1-4(2)3/h2H,4H2,1H3,(H,5,6);(H-,1,2,3)/p+1. The Labute approximate surface area is 58.2 Å². The zero-order valence-electron chi connectivity index (χ0n) is 5.26. The first-order valence-corrected chi connectivity index (χ1v) is 3.37. The van der Waals surface area contributed by atoms with Gasteiger partial charge in [-0.1, -0.05) is 0 Å². The lowest BCUT2D eigenvalue weighted by Crippen LogP contribution is -2.25. The van der Waals surface area contributed by atoms with E-state index >= 15 is 0 Å². The molecule has 0 aliphatic rings. The van der Waals surface area contributed by atoms with Gasteiger partial charge >= 0.3 is 14.2 Å². The normalized spacial score (nSPS) is 10.8. The largest absolute Gasteiger partial charge is 0.692 e. The van der Waals surface area contributed by atoms with Crippen LogP contribution in [0.1, 0.15) is 6.92 Å². The number of aliphatic carboxylic acids is 1. The van der Waals surface area contributed by atoms with Gasteiger partial charge in [0.1, 0.15) is 6.04 Å². The molecule has 0 heterocycles. The highest BCUT2D eigenvalue weighted by Gasteiger charge is 1.99. The number of rotatable bonds is 1. The van der Waals surface area contributed by atoms with Crippen molar-refractivity contribution in [1.29, 1.82) is 0 Å². The van der Waals surface area contributed by atoms with E-state index < -0.39 is 20.3 Å². The van der Waals surface area contributed by atoms with Crippen molar-refractivity contribution in [2.75, 3.05) is 0 Å². The first-order chi connectivity index (χ1) is 4.37. The molecule has 0 aromatic heterocycles. The minimum Gasteiger partial charge on any atom is -0.480 e. The smallest absolute Gasteiger partial charge is 0.480 e. The van der Waals surface area contributed by atoms with Gasteiger partial charge in [0.05, 0.1) is 0 Å². The van der Waals surface area contributed by atoms with Gasteiger partial charge in [0.15, 0.2) is 0 Å². The van der Waals surface area contributed by atoms with Crippen LogP contribution in [-0.2, 0) is 9.36 Å². The molecule has 1 unspecified atom stereocenters. The lowest BCUT2D eigenvalue weighted by Gasteiger charge is -1.90. The Hall–Kier alpha value is -0.550. The highest BCUT2D eigenvalue weighted by molar-refractivity contribution is 7.30. The van der Waals surface area contributed by atoms with E-state index in [0.717, 1.165) is 0 Å². The van der Waals surface area contributed by atoms with Crippen LogP contribution in [0.3, 0.4) is 0 Å². The Morgan fingerprint density at radius 3 is 1.70 bits per heavy atom. The quantitative estimate of drug-likeness (QED) is 0.376. The molecule has 0 saturated carbocycles. The van der Waals surface area contributed by atoms with E-state index in [2.05, 4.69) is 0 Å². The summed E-state index contributed by atoms with van der Waals surface area (Å²) in [5.74, 6) is -0.963. The summed E-state index contributed by atoms with van der Waals surface area (Å²) in [4.78, 5) is 23.8. The summed E-state index contributed by atoms with van der Waals surface area (Å²) in [6, 6.07) is -0.731. The van der Waals surface area contributed by atoms with Gasteiger partial charge in [0.2, 0.25) is 0 Å². The number of hydrogen-bond acceptors (Lipinski definition) is 3. The Kier molecular flexibility index (Phi) is 7.99. The predicted molar refractivity (Wildman–Crippen MR) is 33.3 cm³/mol. The molecule has 0 aliphatic heterocycles. The third-order valence-corrected chi connectivity index (χ3v) is 0.390. The molecule has 7 heteroatoms. The van der Waals surface area contributed by atoms with Crippen LogP contribution in [0, 0.1) is 0 Å². The first kappa shape index (κ1) is 12.2. The van der Waals surface area contributed by atoms with E-state index in [4.69, 9.17) is 25.2 Å². The first-order valence-electron chi connectivity index (χ1n) is 2.21. The summed E-state index contributed by atoms with van der Waals surface area (Å²) in [5.41, 5.74) is 4.84. The van der Waals surface area contributed by atoms with Crippen LogP contribution in [0.5, 0.6) is 0 Å². The Balaban J connectivity index is 0. The van der Waals surface area contributed by atoms with Crippen molar-refractivity contribution in [2.45, 2.75) is 13.0 Å². The second kappa shape index (κ2) is 6.57. The van der Waals surface area contributed by atoms with E-state index in [1.807, 2.05) is 0 Å². The average molecular weight is 170 g/mol. The van der Waals surface area contributed by atoms with E-state index in [0.29, 0.717) is 0 Å². The summed E-state index contributed by atoms with van der Waals surface area (Å²) in [7, 11) is -2.87. The van der Waals surface area contributed by atoms with Crippen molar-refractivity contribution in [3.05, 3.63) is 0 Å². The lowest BCUT2D eigenvalue weighted by atomic mass is 10.4. The van der Waals surface area contributed by atoms with Crippen molar-refractivity contribution in [1.82, 2.24) is 0 Å². The van der Waals surface area contributed by atoms with E-state index in [1.54, 1.807) is 0 Å². The van der Waals surface area contributed by atoms with Crippen LogP contribution in [-0.4, -0.2) is 26.9 Å². The second-order valence-electron chi connectivity index (χ2n) is 1.38. The van der Waals surface area contributed by atoms with Crippen molar-refractivity contribution < 1.29 is 24.3 Å². The second-order valence-corrected chi connectivity index (χ2v) is 1.89. The number of carboxylic acid groups (broad SMARTS) is 1. The fraction of sp³-hybridized carbons (Fsp3) is 0.667. The van der Waals surface area contributed by atoms with Crippen LogP contribution in [0.4, 0.5) is 0 Å². The van der Waals surface area contributed by atoms with Crippen LogP contribution >= 0.6 is 8.25 Å². The van der Waals surface area contributed by atoms with Crippen molar-refractivity contribution >= 4 is 14.2 Å². The van der Waals surface area contributed by atoms with Gasteiger partial charge in [0, 0.05) is 4.57 Å². The van der Waals surface area contributed by atoms with Crippen molar-refractivity contribution in [3.8, 4) is 0 Å². The fourth-order valence-corrected chi connectivity index (χ4v) is 0. The van der Waals surface area contributed by atoms with Gasteiger partial charge in [-0.25, -0.2) is 0 Å². The Morgan fingerprint density at radius 1 is 1.60 bits per heavy atom. The molecule has 60 valence electrons. The van der Waals surface area contributed by atoms with Crippen LogP contribution in [0.25, 0.3) is 0 Å². The summed E-state index contributed by atoms with van der Waals surface area (Å²) >= 11 is 0. The molecule has 0 rings (SSSR count). The summed E-state index contributed by atoms with van der Waals surface area (Å²) in [5, 5.41) is 7.87. The maximum atomic E-state index is 9.57. The topological polar surface area (TPSA) is 121 Å². The molecular weight excluding hydrogens is 161 g/mol. The van der Waals surface area contributed by atoms with Gasteiger partial charge < -0.3 is 10.8 Å². The lowest BCUT2D eigenvalue weighted by molar-refractivity contribution is -0.138. The molecule has 0 aromatic rings. The molecule has 0 spiro atoms. The third kappa shape index (κ3) is 26.0. The zero-order chi connectivity index (χ0) is 8.73. The van der Waals surface area contributed by atoms with E-state index in [1.165, 1.54) is 6.92 Å². The van der Waals surface area contributed by atoms with Crippen molar-refractivity contribution in [2.24, 2.45) is 5.73 Å². The molecule has 5 N–H and O–H groups in total. The number of carboxylic acids is 1. The van der Waals surface area contributed by atoms with Gasteiger partial charge in [-0.3, -0.25) is 4.79 Å². The monoisotopic (exact) mass is 170 g/mol. The highest BCUT2D eigenvalue weighted by Crippen LogP contribution is 1.98. The zero-order valence-corrected chi connectivity index (χ0v) is 6.15. The molecule has 1 atom stereocenters. The predicted octanol–water partition coefficient (Wildman–Crippen LogP) is -0.953. The molecular formula is C3H9NO5P+. The minimum atomic E-state index is -2.87. The molecule has 0 aromatic carbocycles. The maximum absolute atomic E-state index is 9.57. The number of nitrogens with two attached hydrogens (primary N) is 1. The molecule has 0 aliphatic carbocycles. The molecule has 0 bridgehead atoms. The van der Waals surface area contributed by atoms with Gasteiger partial charge in [-0.2, -0.15) is 0 Å². The molecule has 0 radical (unpaired) electrons. The molecule has 10 heavy (non-hydrogen) atoms. The van der Waals surface area contributed by atoms with E-state index in [9.17, 15) is 4.79 Å².